The summed E-state index contributed by atoms with van der Waals surface area (Å²) in [4.78, 5) is 24.8. The predicted octanol–water partition coefficient (Wildman–Crippen LogP) is 2.30. The van der Waals surface area contributed by atoms with Gasteiger partial charge in [-0.05, 0) is 24.3 Å². The first-order valence-electron chi connectivity index (χ1n) is 7.19. The Morgan fingerprint density at radius 2 is 1.83 bits per heavy atom. The normalized spacial score (nSPS) is 10.4. The topological polar surface area (TPSA) is 64.0 Å². The molecule has 0 radical (unpaired) electrons. The molecule has 0 aliphatic heterocycles. The molecule has 0 bridgehead atoms. The van der Waals surface area contributed by atoms with Gasteiger partial charge in [-0.2, -0.15) is 5.10 Å². The Bertz CT molecular complexity index is 930. The van der Waals surface area contributed by atoms with Crippen LogP contribution in [0.25, 0.3) is 16.6 Å². The van der Waals surface area contributed by atoms with E-state index in [1.165, 1.54) is 0 Å². The molecule has 0 aliphatic carbocycles. The number of rotatable bonds is 4. The van der Waals surface area contributed by atoms with Crippen LogP contribution in [0.2, 0.25) is 0 Å². The second-order valence-corrected chi connectivity index (χ2v) is 4.94. The van der Waals surface area contributed by atoms with Crippen molar-refractivity contribution in [1.29, 1.82) is 0 Å². The van der Waals surface area contributed by atoms with Crippen molar-refractivity contribution in [2.45, 2.75) is 0 Å². The lowest BCUT2D eigenvalue weighted by Gasteiger charge is -2.11. The highest BCUT2D eigenvalue weighted by Crippen LogP contribution is 2.15. The average Bonchev–Trinajstić information content (AvgIpc) is 2.61. The molecule has 5 nitrogen and oxygen atoms in total. The minimum absolute atomic E-state index is 0.130. The van der Waals surface area contributed by atoms with Crippen LogP contribution in [-0.2, 0) is 0 Å². The van der Waals surface area contributed by atoms with Crippen LogP contribution in [0.4, 0.5) is 0 Å². The fourth-order valence-corrected chi connectivity index (χ4v) is 2.34. The lowest BCUT2D eigenvalue weighted by Crippen LogP contribution is -2.32. The van der Waals surface area contributed by atoms with Gasteiger partial charge in [-0.15, -0.1) is 6.58 Å². The summed E-state index contributed by atoms with van der Waals surface area (Å²) in [5, 5.41) is 7.34. The largest absolute Gasteiger partial charge is 0.347 e. The van der Waals surface area contributed by atoms with E-state index < -0.39 is 5.91 Å². The standard InChI is InChI=1S/C18H15N3O2/c1-2-12-19-18(23)16-17(22)14-10-6-7-11-15(14)21(20-16)13-8-4-3-5-9-13/h2-11H,1,12H2,(H,19,23). The third-order valence-corrected chi connectivity index (χ3v) is 3.41. The van der Waals surface area contributed by atoms with Crippen LogP contribution < -0.4 is 10.7 Å². The smallest absolute Gasteiger partial charge is 0.276 e. The molecule has 3 aromatic rings. The molecule has 1 amide bonds. The molecular weight excluding hydrogens is 290 g/mol. The molecule has 0 saturated heterocycles. The van der Waals surface area contributed by atoms with E-state index in [4.69, 9.17) is 0 Å². The van der Waals surface area contributed by atoms with Crippen molar-refractivity contribution in [2.24, 2.45) is 0 Å². The Labute approximate surface area is 132 Å². The number of hydrogen-bond acceptors (Lipinski definition) is 3. The maximum atomic E-state index is 12.6. The van der Waals surface area contributed by atoms with Crippen molar-refractivity contribution in [3.05, 3.63) is 83.2 Å². The molecule has 5 heteroatoms. The van der Waals surface area contributed by atoms with E-state index in [0.717, 1.165) is 5.69 Å². The molecular formula is C18H15N3O2. The number of aromatic nitrogens is 2. The summed E-state index contributed by atoms with van der Waals surface area (Å²) in [6.45, 7) is 3.82. The van der Waals surface area contributed by atoms with Crippen LogP contribution in [0.3, 0.4) is 0 Å². The zero-order valence-electron chi connectivity index (χ0n) is 12.4. The molecule has 0 fully saturated rings. The summed E-state index contributed by atoms with van der Waals surface area (Å²) in [7, 11) is 0. The Kier molecular flexibility index (Phi) is 4.01. The third-order valence-electron chi connectivity index (χ3n) is 3.41. The summed E-state index contributed by atoms with van der Waals surface area (Å²) >= 11 is 0. The molecule has 0 atom stereocenters. The van der Waals surface area contributed by atoms with Crippen molar-refractivity contribution in [1.82, 2.24) is 15.1 Å². The lowest BCUT2D eigenvalue weighted by molar-refractivity contribution is 0.0950. The number of benzene rings is 2. The van der Waals surface area contributed by atoms with Gasteiger partial charge in [-0.25, -0.2) is 4.68 Å². The van der Waals surface area contributed by atoms with E-state index in [0.29, 0.717) is 10.9 Å². The van der Waals surface area contributed by atoms with Crippen LogP contribution in [0.5, 0.6) is 0 Å². The van der Waals surface area contributed by atoms with Gasteiger partial charge in [0.1, 0.15) is 0 Å². The number of carbonyl (C=O) groups excluding carboxylic acids is 1. The second-order valence-electron chi connectivity index (χ2n) is 4.94. The van der Waals surface area contributed by atoms with Crippen LogP contribution in [-0.4, -0.2) is 22.2 Å². The Morgan fingerprint density at radius 1 is 1.13 bits per heavy atom. The minimum atomic E-state index is -0.509. The molecule has 0 spiro atoms. The van der Waals surface area contributed by atoms with Gasteiger partial charge >= 0.3 is 0 Å². The number of nitrogens with one attached hydrogen (secondary N) is 1. The number of amides is 1. The third kappa shape index (κ3) is 2.76. The zero-order valence-corrected chi connectivity index (χ0v) is 12.4. The van der Waals surface area contributed by atoms with E-state index in [1.807, 2.05) is 42.5 Å². The van der Waals surface area contributed by atoms with E-state index in [2.05, 4.69) is 17.0 Å². The molecule has 0 unspecified atom stereocenters. The number of fused-ring (bicyclic) bond motifs is 1. The van der Waals surface area contributed by atoms with Crippen LogP contribution in [0.15, 0.2) is 72.0 Å². The maximum Gasteiger partial charge on any atom is 0.276 e. The first-order valence-corrected chi connectivity index (χ1v) is 7.19. The monoisotopic (exact) mass is 305 g/mol. The van der Waals surface area contributed by atoms with Gasteiger partial charge < -0.3 is 5.32 Å². The van der Waals surface area contributed by atoms with Crippen molar-refractivity contribution < 1.29 is 4.79 Å². The fourth-order valence-electron chi connectivity index (χ4n) is 2.34. The molecule has 1 N–H and O–H groups in total. The van der Waals surface area contributed by atoms with Gasteiger partial charge in [0.2, 0.25) is 5.43 Å². The van der Waals surface area contributed by atoms with Gasteiger partial charge in [0.15, 0.2) is 5.69 Å². The number of carbonyl (C=O) groups is 1. The quantitative estimate of drug-likeness (QED) is 0.752. The molecule has 3 rings (SSSR count). The van der Waals surface area contributed by atoms with Gasteiger partial charge in [-0.3, -0.25) is 9.59 Å². The Hall–Kier alpha value is -3.21. The summed E-state index contributed by atoms with van der Waals surface area (Å²) in [6, 6.07) is 16.5. The van der Waals surface area contributed by atoms with E-state index >= 15 is 0 Å². The molecule has 0 aliphatic rings. The van der Waals surface area contributed by atoms with Crippen molar-refractivity contribution >= 4 is 16.8 Å². The van der Waals surface area contributed by atoms with Crippen LogP contribution >= 0.6 is 0 Å². The Morgan fingerprint density at radius 3 is 2.57 bits per heavy atom. The van der Waals surface area contributed by atoms with Crippen molar-refractivity contribution in [3.8, 4) is 5.69 Å². The van der Waals surface area contributed by atoms with Crippen molar-refractivity contribution in [2.75, 3.05) is 6.54 Å². The van der Waals surface area contributed by atoms with Gasteiger partial charge in [0.25, 0.3) is 5.91 Å². The number of hydrogen-bond donors (Lipinski definition) is 1. The number of para-hydroxylation sites is 2. The zero-order chi connectivity index (χ0) is 16.2. The highest BCUT2D eigenvalue weighted by atomic mass is 16.2. The summed E-state index contributed by atoms with van der Waals surface area (Å²) < 4.78 is 1.61. The molecule has 0 saturated carbocycles. The van der Waals surface area contributed by atoms with E-state index in [-0.39, 0.29) is 17.7 Å². The maximum absolute atomic E-state index is 12.6. The van der Waals surface area contributed by atoms with E-state index in [1.54, 1.807) is 22.9 Å². The predicted molar refractivity (Wildman–Crippen MR) is 89.9 cm³/mol. The molecule has 2 aromatic carbocycles. The van der Waals surface area contributed by atoms with Crippen LogP contribution in [0, 0.1) is 0 Å². The van der Waals surface area contributed by atoms with E-state index in [9.17, 15) is 9.59 Å². The molecule has 1 aromatic heterocycles. The van der Waals surface area contributed by atoms with Crippen molar-refractivity contribution in [3.63, 3.8) is 0 Å². The van der Waals surface area contributed by atoms with Crippen LogP contribution in [0.1, 0.15) is 10.5 Å². The first kappa shape index (κ1) is 14.7. The first-order chi connectivity index (χ1) is 11.2. The Balaban J connectivity index is 2.27. The molecule has 114 valence electrons. The summed E-state index contributed by atoms with van der Waals surface area (Å²) in [6.07, 6.45) is 1.55. The summed E-state index contributed by atoms with van der Waals surface area (Å²) in [5.74, 6) is -0.509. The molecule has 1 heterocycles. The van der Waals surface area contributed by atoms with Gasteiger partial charge in [-0.1, -0.05) is 36.4 Å². The highest BCUT2D eigenvalue weighted by molar-refractivity contribution is 5.95. The lowest BCUT2D eigenvalue weighted by atomic mass is 10.2. The number of nitrogens with zero attached hydrogens (tertiary/aromatic N) is 2. The fraction of sp³-hybridized carbons (Fsp3) is 0.0556. The van der Waals surface area contributed by atoms with Gasteiger partial charge in [0, 0.05) is 6.54 Å². The highest BCUT2D eigenvalue weighted by Gasteiger charge is 2.17. The molecule has 23 heavy (non-hydrogen) atoms. The average molecular weight is 305 g/mol. The second kappa shape index (κ2) is 6.27. The SMILES string of the molecule is C=CCNC(=O)c1nn(-c2ccccc2)c2ccccc2c1=O. The summed E-state index contributed by atoms with van der Waals surface area (Å²) in [5.41, 5.74) is 0.925. The minimum Gasteiger partial charge on any atom is -0.347 e. The van der Waals surface area contributed by atoms with Gasteiger partial charge in [0.05, 0.1) is 16.6 Å².